The van der Waals surface area contributed by atoms with Gasteiger partial charge in [0.1, 0.15) is 0 Å². The predicted molar refractivity (Wildman–Crippen MR) is 87.3 cm³/mol. The maximum atomic E-state index is 12.3. The number of carbonyl (C=O) groups is 2. The third-order valence-electron chi connectivity index (χ3n) is 4.42. The van der Waals surface area contributed by atoms with Gasteiger partial charge in [-0.25, -0.2) is 0 Å². The fourth-order valence-electron chi connectivity index (χ4n) is 3.21. The Balaban J connectivity index is 1.70. The maximum absolute atomic E-state index is 12.3. The van der Waals surface area contributed by atoms with Gasteiger partial charge in [0.05, 0.1) is 21.7 Å². The van der Waals surface area contributed by atoms with Gasteiger partial charge in [0.2, 0.25) is 11.8 Å². The summed E-state index contributed by atoms with van der Waals surface area (Å²) in [6.07, 6.45) is 4.63. The molecule has 1 saturated carbocycles. The van der Waals surface area contributed by atoms with Crippen LogP contribution >= 0.6 is 23.2 Å². The van der Waals surface area contributed by atoms with E-state index >= 15 is 0 Å². The van der Waals surface area contributed by atoms with Crippen molar-refractivity contribution in [3.8, 4) is 0 Å². The van der Waals surface area contributed by atoms with Crippen molar-refractivity contribution in [3.05, 3.63) is 28.2 Å². The van der Waals surface area contributed by atoms with Gasteiger partial charge in [0.25, 0.3) is 0 Å². The highest BCUT2D eigenvalue weighted by atomic mass is 35.5. The number of nitrogens with one attached hydrogen (secondary N) is 1. The van der Waals surface area contributed by atoms with Crippen molar-refractivity contribution in [1.29, 1.82) is 0 Å². The summed E-state index contributed by atoms with van der Waals surface area (Å²) in [7, 11) is 0. The first kappa shape index (κ1) is 15.6. The van der Waals surface area contributed by atoms with Crippen molar-refractivity contribution in [3.63, 3.8) is 0 Å². The van der Waals surface area contributed by atoms with Crippen LogP contribution in [0.1, 0.15) is 32.1 Å². The van der Waals surface area contributed by atoms with E-state index in [1.54, 1.807) is 23.1 Å². The maximum Gasteiger partial charge on any atom is 0.227 e. The van der Waals surface area contributed by atoms with Gasteiger partial charge in [-0.2, -0.15) is 0 Å². The number of carbonyl (C=O) groups excluding carboxylic acids is 2. The summed E-state index contributed by atoms with van der Waals surface area (Å²) in [6.45, 7) is 0.359. The quantitative estimate of drug-likeness (QED) is 0.916. The van der Waals surface area contributed by atoms with Crippen molar-refractivity contribution in [2.75, 3.05) is 11.4 Å². The van der Waals surface area contributed by atoms with E-state index in [1.807, 2.05) is 0 Å². The van der Waals surface area contributed by atoms with Crippen LogP contribution in [0.15, 0.2) is 18.2 Å². The molecule has 1 saturated heterocycles. The molecule has 1 atom stereocenters. The van der Waals surface area contributed by atoms with Crippen LogP contribution in [-0.4, -0.2) is 24.4 Å². The molecule has 1 N–H and O–H groups in total. The Bertz CT molecular complexity index is 600. The Morgan fingerprint density at radius 3 is 2.68 bits per heavy atom. The van der Waals surface area contributed by atoms with Gasteiger partial charge in [-0.15, -0.1) is 0 Å². The molecule has 0 bridgehead atoms. The molecule has 2 aliphatic rings. The third kappa shape index (κ3) is 3.08. The summed E-state index contributed by atoms with van der Waals surface area (Å²) in [4.78, 5) is 26.1. The van der Waals surface area contributed by atoms with Crippen molar-refractivity contribution in [2.45, 2.75) is 38.1 Å². The van der Waals surface area contributed by atoms with Gasteiger partial charge < -0.3 is 10.2 Å². The fourth-order valence-corrected chi connectivity index (χ4v) is 3.60. The average molecular weight is 341 g/mol. The molecule has 0 aromatic heterocycles. The molecular weight excluding hydrogens is 323 g/mol. The van der Waals surface area contributed by atoms with E-state index in [9.17, 15) is 9.59 Å². The number of hydrogen-bond donors (Lipinski definition) is 1. The molecule has 0 spiro atoms. The zero-order valence-corrected chi connectivity index (χ0v) is 13.7. The lowest BCUT2D eigenvalue weighted by Crippen LogP contribution is -2.38. The Morgan fingerprint density at radius 2 is 1.95 bits per heavy atom. The molecule has 6 heteroatoms. The second-order valence-corrected chi connectivity index (χ2v) is 6.75. The van der Waals surface area contributed by atoms with Gasteiger partial charge >= 0.3 is 0 Å². The predicted octanol–water partition coefficient (Wildman–Crippen LogP) is 3.41. The van der Waals surface area contributed by atoms with Gasteiger partial charge in [0.15, 0.2) is 0 Å². The molecule has 1 aliphatic carbocycles. The van der Waals surface area contributed by atoms with E-state index in [0.717, 1.165) is 12.8 Å². The molecule has 0 radical (unpaired) electrons. The lowest BCUT2D eigenvalue weighted by molar-refractivity contribution is -0.126. The molecule has 118 valence electrons. The fraction of sp³-hybridized carbons (Fsp3) is 0.500. The van der Waals surface area contributed by atoms with Crippen molar-refractivity contribution in [1.82, 2.24) is 5.32 Å². The minimum atomic E-state index is -0.317. The van der Waals surface area contributed by atoms with Crippen LogP contribution in [0, 0.1) is 5.92 Å². The standard InChI is InChI=1S/C16H18Cl2N2O2/c17-12-6-3-7-13(15(12)18)20-9-10(8-14(20)21)16(22)19-11-4-1-2-5-11/h3,6-7,10-11H,1-2,4-5,8-9H2,(H,19,22). The Hall–Kier alpha value is -1.26. The lowest BCUT2D eigenvalue weighted by Gasteiger charge is -2.19. The van der Waals surface area contributed by atoms with Gasteiger partial charge in [-0.3, -0.25) is 9.59 Å². The van der Waals surface area contributed by atoms with E-state index in [4.69, 9.17) is 23.2 Å². The molecule has 1 aromatic rings. The number of nitrogens with zero attached hydrogens (tertiary/aromatic N) is 1. The SMILES string of the molecule is O=C(NC1CCCC1)C1CC(=O)N(c2cccc(Cl)c2Cl)C1. The summed E-state index contributed by atoms with van der Waals surface area (Å²) < 4.78 is 0. The lowest BCUT2D eigenvalue weighted by atomic mass is 10.1. The highest BCUT2D eigenvalue weighted by Crippen LogP contribution is 2.35. The van der Waals surface area contributed by atoms with Crippen LogP contribution in [0.25, 0.3) is 0 Å². The van der Waals surface area contributed by atoms with Crippen molar-refractivity contribution >= 4 is 40.7 Å². The number of rotatable bonds is 3. The van der Waals surface area contributed by atoms with E-state index in [2.05, 4.69) is 5.32 Å². The number of hydrogen-bond acceptors (Lipinski definition) is 2. The number of amides is 2. The molecule has 22 heavy (non-hydrogen) atoms. The van der Waals surface area contributed by atoms with Crippen LogP contribution in [0.4, 0.5) is 5.69 Å². The minimum Gasteiger partial charge on any atom is -0.353 e. The molecule has 1 aliphatic heterocycles. The minimum absolute atomic E-state index is 0.0269. The van der Waals surface area contributed by atoms with Gasteiger partial charge in [0, 0.05) is 19.0 Å². The first-order valence-corrected chi connectivity index (χ1v) is 8.36. The summed E-state index contributed by atoms with van der Waals surface area (Å²) in [5, 5.41) is 3.83. The highest BCUT2D eigenvalue weighted by Gasteiger charge is 2.36. The number of benzene rings is 1. The summed E-state index contributed by atoms with van der Waals surface area (Å²) >= 11 is 12.2. The van der Waals surface area contributed by atoms with Crippen LogP contribution in [0.2, 0.25) is 10.0 Å². The monoisotopic (exact) mass is 340 g/mol. The van der Waals surface area contributed by atoms with Gasteiger partial charge in [-0.1, -0.05) is 42.1 Å². The number of anilines is 1. The first-order valence-electron chi connectivity index (χ1n) is 7.61. The third-order valence-corrected chi connectivity index (χ3v) is 5.23. The molecule has 2 amide bonds. The van der Waals surface area contributed by atoms with Crippen LogP contribution in [-0.2, 0) is 9.59 Å². The zero-order chi connectivity index (χ0) is 15.7. The average Bonchev–Trinajstić information content (AvgIpc) is 3.12. The largest absolute Gasteiger partial charge is 0.353 e. The van der Waals surface area contributed by atoms with Crippen LogP contribution < -0.4 is 10.2 Å². The van der Waals surface area contributed by atoms with Crippen LogP contribution in [0.5, 0.6) is 0 Å². The second-order valence-electron chi connectivity index (χ2n) is 5.97. The van der Waals surface area contributed by atoms with Crippen molar-refractivity contribution in [2.24, 2.45) is 5.92 Å². The molecular formula is C16H18Cl2N2O2. The van der Waals surface area contributed by atoms with E-state index < -0.39 is 0 Å². The zero-order valence-electron chi connectivity index (χ0n) is 12.1. The molecule has 2 fully saturated rings. The number of halogens is 2. The smallest absolute Gasteiger partial charge is 0.227 e. The van der Waals surface area contributed by atoms with E-state index in [1.165, 1.54) is 12.8 Å². The van der Waals surface area contributed by atoms with Crippen LogP contribution in [0.3, 0.4) is 0 Å². The highest BCUT2D eigenvalue weighted by molar-refractivity contribution is 6.44. The Kier molecular flexibility index (Phi) is 4.59. The first-order chi connectivity index (χ1) is 10.6. The molecule has 1 heterocycles. The van der Waals surface area contributed by atoms with E-state index in [0.29, 0.717) is 22.3 Å². The van der Waals surface area contributed by atoms with E-state index in [-0.39, 0.29) is 30.2 Å². The Morgan fingerprint density at radius 1 is 1.23 bits per heavy atom. The Labute approximate surface area is 139 Å². The topological polar surface area (TPSA) is 49.4 Å². The molecule has 3 rings (SSSR count). The van der Waals surface area contributed by atoms with Gasteiger partial charge in [-0.05, 0) is 25.0 Å². The molecule has 4 nitrogen and oxygen atoms in total. The molecule has 1 aromatic carbocycles. The second kappa shape index (κ2) is 6.47. The summed E-state index contributed by atoms with van der Waals surface area (Å²) in [6, 6.07) is 5.45. The molecule has 1 unspecified atom stereocenters. The van der Waals surface area contributed by atoms with Crippen molar-refractivity contribution < 1.29 is 9.59 Å². The summed E-state index contributed by atoms with van der Waals surface area (Å²) in [5.41, 5.74) is 0.579. The summed E-state index contributed by atoms with van der Waals surface area (Å²) in [5.74, 6) is -0.431. The normalized spacial score (nSPS) is 22.4.